The molecule has 1 N–H and O–H groups in total. The lowest BCUT2D eigenvalue weighted by Crippen LogP contribution is -2.25. The fourth-order valence-corrected chi connectivity index (χ4v) is 2.70. The standard InChI is InChI=1S/C15H18ClN3O2/c1-10(19-7-6-13(20)9-19)15-17-14(18-21-15)8-11-2-4-12(16)5-3-11/h2-5,10,13,20H,6-9H2,1H3/t10?,13-/m0/s1. The molecule has 0 amide bonds. The van der Waals surface area contributed by atoms with Gasteiger partial charge in [-0.25, -0.2) is 0 Å². The van der Waals surface area contributed by atoms with Gasteiger partial charge >= 0.3 is 0 Å². The maximum absolute atomic E-state index is 9.60. The lowest BCUT2D eigenvalue weighted by Gasteiger charge is -2.19. The van der Waals surface area contributed by atoms with Crippen LogP contribution in [0, 0.1) is 0 Å². The summed E-state index contributed by atoms with van der Waals surface area (Å²) in [5.41, 5.74) is 1.09. The third-order valence-corrected chi connectivity index (χ3v) is 4.11. The molecule has 2 aromatic rings. The molecule has 1 aromatic carbocycles. The number of aliphatic hydroxyl groups excluding tert-OH is 1. The van der Waals surface area contributed by atoms with E-state index in [1.165, 1.54) is 0 Å². The molecule has 2 atom stereocenters. The van der Waals surface area contributed by atoms with Gasteiger partial charge in [0.1, 0.15) is 0 Å². The Labute approximate surface area is 128 Å². The fraction of sp³-hybridized carbons (Fsp3) is 0.467. The number of benzene rings is 1. The number of rotatable bonds is 4. The van der Waals surface area contributed by atoms with Gasteiger partial charge in [-0.05, 0) is 31.0 Å². The van der Waals surface area contributed by atoms with Gasteiger partial charge in [0.25, 0.3) is 0 Å². The Morgan fingerprint density at radius 2 is 2.19 bits per heavy atom. The molecular formula is C15H18ClN3O2. The van der Waals surface area contributed by atoms with Crippen molar-refractivity contribution in [1.29, 1.82) is 0 Å². The van der Waals surface area contributed by atoms with Crippen molar-refractivity contribution in [3.63, 3.8) is 0 Å². The van der Waals surface area contributed by atoms with Crippen molar-refractivity contribution in [2.24, 2.45) is 0 Å². The number of hydrogen-bond acceptors (Lipinski definition) is 5. The number of halogens is 1. The van der Waals surface area contributed by atoms with Crippen LogP contribution in [0.25, 0.3) is 0 Å². The van der Waals surface area contributed by atoms with Crippen LogP contribution in [0.2, 0.25) is 5.02 Å². The van der Waals surface area contributed by atoms with E-state index in [1.807, 2.05) is 31.2 Å². The molecule has 6 heteroatoms. The van der Waals surface area contributed by atoms with E-state index in [9.17, 15) is 5.11 Å². The predicted octanol–water partition coefficient (Wildman–Crippen LogP) is 2.44. The van der Waals surface area contributed by atoms with Crippen LogP contribution in [-0.2, 0) is 6.42 Å². The Bertz CT molecular complexity index is 599. The van der Waals surface area contributed by atoms with E-state index in [-0.39, 0.29) is 12.1 Å². The molecule has 1 aromatic heterocycles. The first-order valence-corrected chi connectivity index (χ1v) is 7.48. The Kier molecular flexibility index (Phi) is 4.24. The Hall–Kier alpha value is -1.43. The third-order valence-electron chi connectivity index (χ3n) is 3.86. The molecule has 5 nitrogen and oxygen atoms in total. The van der Waals surface area contributed by atoms with E-state index in [0.717, 1.165) is 18.5 Å². The van der Waals surface area contributed by atoms with Crippen LogP contribution in [0.15, 0.2) is 28.8 Å². The number of hydrogen-bond donors (Lipinski definition) is 1. The molecular weight excluding hydrogens is 290 g/mol. The van der Waals surface area contributed by atoms with Gasteiger partial charge in [0.05, 0.1) is 12.1 Å². The van der Waals surface area contributed by atoms with Crippen molar-refractivity contribution in [1.82, 2.24) is 15.0 Å². The van der Waals surface area contributed by atoms with Crippen molar-refractivity contribution in [3.05, 3.63) is 46.6 Å². The van der Waals surface area contributed by atoms with Crippen LogP contribution in [0.5, 0.6) is 0 Å². The van der Waals surface area contributed by atoms with Gasteiger partial charge < -0.3 is 9.63 Å². The van der Waals surface area contributed by atoms with Crippen LogP contribution < -0.4 is 0 Å². The summed E-state index contributed by atoms with van der Waals surface area (Å²) >= 11 is 5.87. The highest BCUT2D eigenvalue weighted by Crippen LogP contribution is 2.23. The molecule has 21 heavy (non-hydrogen) atoms. The predicted molar refractivity (Wildman–Crippen MR) is 79.2 cm³/mol. The van der Waals surface area contributed by atoms with Gasteiger partial charge in [-0.2, -0.15) is 4.98 Å². The molecule has 1 fully saturated rings. The normalized spacial score (nSPS) is 20.8. The zero-order valence-corrected chi connectivity index (χ0v) is 12.6. The minimum Gasteiger partial charge on any atom is -0.392 e. The number of nitrogens with zero attached hydrogens (tertiary/aromatic N) is 3. The van der Waals surface area contributed by atoms with Gasteiger partial charge in [-0.15, -0.1) is 0 Å². The number of aromatic nitrogens is 2. The van der Waals surface area contributed by atoms with Gasteiger partial charge in [-0.3, -0.25) is 4.90 Å². The first-order chi connectivity index (χ1) is 10.1. The highest BCUT2D eigenvalue weighted by atomic mass is 35.5. The quantitative estimate of drug-likeness (QED) is 0.940. The van der Waals surface area contributed by atoms with Crippen LogP contribution in [-0.4, -0.2) is 39.3 Å². The first-order valence-electron chi connectivity index (χ1n) is 7.11. The van der Waals surface area contributed by atoms with Crippen molar-refractivity contribution < 1.29 is 9.63 Å². The minimum absolute atomic E-state index is 0.0358. The second kappa shape index (κ2) is 6.13. The van der Waals surface area contributed by atoms with Crippen molar-refractivity contribution in [2.45, 2.75) is 31.9 Å². The molecule has 1 saturated heterocycles. The summed E-state index contributed by atoms with van der Waals surface area (Å²) in [7, 11) is 0. The Morgan fingerprint density at radius 1 is 1.43 bits per heavy atom. The molecule has 1 aliphatic heterocycles. The number of aliphatic hydroxyl groups is 1. The third kappa shape index (κ3) is 3.43. The zero-order valence-electron chi connectivity index (χ0n) is 11.9. The average Bonchev–Trinajstić information content (AvgIpc) is 3.10. The second-order valence-corrected chi connectivity index (χ2v) is 5.90. The fourth-order valence-electron chi connectivity index (χ4n) is 2.57. The van der Waals surface area contributed by atoms with E-state index in [4.69, 9.17) is 16.1 Å². The van der Waals surface area contributed by atoms with Crippen LogP contribution in [0.4, 0.5) is 0 Å². The number of β-amino-alcohol motifs (C(OH)–C–C–N with tert-alkyl or cyclic N) is 1. The average molecular weight is 308 g/mol. The molecule has 2 heterocycles. The van der Waals surface area contributed by atoms with Crippen LogP contribution >= 0.6 is 11.6 Å². The maximum Gasteiger partial charge on any atom is 0.243 e. The molecule has 0 radical (unpaired) electrons. The zero-order chi connectivity index (χ0) is 14.8. The van der Waals surface area contributed by atoms with Crippen LogP contribution in [0.3, 0.4) is 0 Å². The highest BCUT2D eigenvalue weighted by Gasteiger charge is 2.28. The summed E-state index contributed by atoms with van der Waals surface area (Å²) in [5.74, 6) is 1.27. The van der Waals surface area contributed by atoms with Gasteiger partial charge in [0.15, 0.2) is 5.82 Å². The summed E-state index contributed by atoms with van der Waals surface area (Å²) in [6.45, 7) is 3.55. The lowest BCUT2D eigenvalue weighted by molar-refractivity contribution is 0.151. The van der Waals surface area contributed by atoms with Crippen molar-refractivity contribution >= 4 is 11.6 Å². The first kappa shape index (κ1) is 14.5. The van der Waals surface area contributed by atoms with E-state index < -0.39 is 0 Å². The topological polar surface area (TPSA) is 62.4 Å². The summed E-state index contributed by atoms with van der Waals surface area (Å²) < 4.78 is 5.36. The SMILES string of the molecule is CC(c1nc(Cc2ccc(Cl)cc2)no1)N1CC[C@H](O)C1. The summed E-state index contributed by atoms with van der Waals surface area (Å²) in [6, 6.07) is 7.66. The smallest absolute Gasteiger partial charge is 0.243 e. The van der Waals surface area contributed by atoms with Crippen molar-refractivity contribution in [3.8, 4) is 0 Å². The van der Waals surface area contributed by atoms with Crippen molar-refractivity contribution in [2.75, 3.05) is 13.1 Å². The molecule has 1 unspecified atom stereocenters. The van der Waals surface area contributed by atoms with E-state index >= 15 is 0 Å². The van der Waals surface area contributed by atoms with Gasteiger partial charge in [0.2, 0.25) is 5.89 Å². The van der Waals surface area contributed by atoms with Gasteiger partial charge in [0, 0.05) is 24.5 Å². The number of likely N-dealkylation sites (tertiary alicyclic amines) is 1. The lowest BCUT2D eigenvalue weighted by atomic mass is 10.1. The molecule has 112 valence electrons. The summed E-state index contributed by atoms with van der Waals surface area (Å²) in [4.78, 5) is 6.62. The molecule has 0 aliphatic carbocycles. The highest BCUT2D eigenvalue weighted by molar-refractivity contribution is 6.30. The van der Waals surface area contributed by atoms with E-state index in [2.05, 4.69) is 15.0 Å². The monoisotopic (exact) mass is 307 g/mol. The second-order valence-electron chi connectivity index (χ2n) is 5.47. The minimum atomic E-state index is -0.246. The molecule has 0 saturated carbocycles. The van der Waals surface area contributed by atoms with E-state index in [1.54, 1.807) is 0 Å². The Morgan fingerprint density at radius 3 is 2.86 bits per heavy atom. The maximum atomic E-state index is 9.60. The van der Waals surface area contributed by atoms with Crippen LogP contribution in [0.1, 0.15) is 36.7 Å². The Balaban J connectivity index is 1.67. The molecule has 0 bridgehead atoms. The molecule has 1 aliphatic rings. The summed E-state index contributed by atoms with van der Waals surface area (Å²) in [5, 5.41) is 14.4. The largest absolute Gasteiger partial charge is 0.392 e. The molecule has 3 rings (SSSR count). The van der Waals surface area contributed by atoms with Gasteiger partial charge in [-0.1, -0.05) is 28.9 Å². The van der Waals surface area contributed by atoms with E-state index in [0.29, 0.717) is 29.7 Å². The summed E-state index contributed by atoms with van der Waals surface area (Å²) in [6.07, 6.45) is 1.18. The molecule has 0 spiro atoms.